The lowest BCUT2D eigenvalue weighted by atomic mass is 10.2. The highest BCUT2D eigenvalue weighted by atomic mass is 32.1. The Kier molecular flexibility index (Phi) is 5.36. The zero-order valence-corrected chi connectivity index (χ0v) is 10.2. The molecule has 0 aliphatic rings. The average Bonchev–Trinajstić information content (AvgIpc) is 2.10. The van der Waals surface area contributed by atoms with E-state index in [0.717, 1.165) is 0 Å². The maximum absolute atomic E-state index is 11.4. The van der Waals surface area contributed by atoms with E-state index >= 15 is 0 Å². The molecule has 0 aromatic heterocycles. The minimum atomic E-state index is -0.824. The zero-order chi connectivity index (χ0) is 11.4. The average molecular weight is 237 g/mol. The number of carbonyl (C=O) groups excluding carboxylic acids is 2. The van der Waals surface area contributed by atoms with Crippen LogP contribution < -0.4 is 5.32 Å². The molecule has 0 rings (SSSR count). The van der Waals surface area contributed by atoms with Gasteiger partial charge in [-0.3, -0.25) is 4.79 Å². The second-order valence-corrected chi connectivity index (χ2v) is 4.77. The smallest absolute Gasteiger partial charge is 0.329 e. The molecule has 0 unspecified atom stereocenters. The van der Waals surface area contributed by atoms with Crippen LogP contribution in [-0.4, -0.2) is 35.5 Å². The third-order valence-corrected chi connectivity index (χ3v) is 2.10. The van der Waals surface area contributed by atoms with Crippen molar-refractivity contribution in [3.05, 3.63) is 0 Å². The van der Waals surface area contributed by atoms with E-state index in [9.17, 15) is 9.59 Å². The highest BCUT2D eigenvalue weighted by Gasteiger charge is 2.27. The van der Waals surface area contributed by atoms with Gasteiger partial charge in [0.05, 0.1) is 11.9 Å². The Morgan fingerprint density at radius 3 is 2.29 bits per heavy atom. The minimum Gasteiger partial charge on any atom is -0.467 e. The summed E-state index contributed by atoms with van der Waals surface area (Å²) in [6, 6.07) is -0.720. The Balaban J connectivity index is 4.34. The van der Waals surface area contributed by atoms with Gasteiger partial charge in [0.15, 0.2) is 0 Å². The predicted molar refractivity (Wildman–Crippen MR) is 60.9 cm³/mol. The molecule has 82 valence electrons. The molecule has 0 aliphatic carbocycles. The van der Waals surface area contributed by atoms with Crippen LogP contribution in [0.4, 0.5) is 0 Å². The van der Waals surface area contributed by atoms with Crippen LogP contribution in [0.2, 0.25) is 0 Å². The number of methoxy groups -OCH3 is 1. The van der Waals surface area contributed by atoms with Crippen LogP contribution >= 0.6 is 25.3 Å². The fourth-order valence-electron chi connectivity index (χ4n) is 0.656. The number of hydrogen-bond acceptors (Lipinski definition) is 5. The number of esters is 1. The van der Waals surface area contributed by atoms with E-state index in [1.54, 1.807) is 13.8 Å². The molecule has 0 fully saturated rings. The van der Waals surface area contributed by atoms with Gasteiger partial charge in [0.1, 0.15) is 6.04 Å². The van der Waals surface area contributed by atoms with E-state index in [4.69, 9.17) is 0 Å². The maximum Gasteiger partial charge on any atom is 0.329 e. The summed E-state index contributed by atoms with van der Waals surface area (Å²) in [6.45, 7) is 3.27. The molecule has 0 saturated heterocycles. The second-order valence-electron chi connectivity index (χ2n) is 3.29. The van der Waals surface area contributed by atoms with Gasteiger partial charge < -0.3 is 10.1 Å². The molecule has 0 saturated carbocycles. The summed E-state index contributed by atoms with van der Waals surface area (Å²) in [4.78, 5) is 22.5. The van der Waals surface area contributed by atoms with Crippen molar-refractivity contribution in [3.8, 4) is 0 Å². The number of hydrogen-bond donors (Lipinski definition) is 3. The van der Waals surface area contributed by atoms with Crippen molar-refractivity contribution in [2.24, 2.45) is 0 Å². The first-order chi connectivity index (χ1) is 6.32. The summed E-state index contributed by atoms with van der Waals surface area (Å²) in [6.07, 6.45) is 0. The summed E-state index contributed by atoms with van der Waals surface area (Å²) < 4.78 is 3.67. The van der Waals surface area contributed by atoms with Crippen LogP contribution in [-0.2, 0) is 14.3 Å². The molecule has 0 spiro atoms. The highest BCUT2D eigenvalue weighted by Crippen LogP contribution is 2.11. The van der Waals surface area contributed by atoms with Crippen molar-refractivity contribution in [2.75, 3.05) is 12.9 Å². The van der Waals surface area contributed by atoms with Gasteiger partial charge >= 0.3 is 5.97 Å². The van der Waals surface area contributed by atoms with E-state index in [-0.39, 0.29) is 11.7 Å². The Morgan fingerprint density at radius 1 is 1.50 bits per heavy atom. The lowest BCUT2D eigenvalue weighted by Crippen LogP contribution is -2.48. The van der Waals surface area contributed by atoms with Crippen molar-refractivity contribution in [2.45, 2.75) is 24.6 Å². The molecule has 14 heavy (non-hydrogen) atoms. The van der Waals surface area contributed by atoms with Gasteiger partial charge in [0, 0.05) is 5.75 Å². The van der Waals surface area contributed by atoms with Gasteiger partial charge in [0.2, 0.25) is 5.91 Å². The molecule has 1 amide bonds. The summed E-state index contributed by atoms with van der Waals surface area (Å²) in [7, 11) is 1.26. The second kappa shape index (κ2) is 5.50. The van der Waals surface area contributed by atoms with Gasteiger partial charge in [-0.15, -0.1) is 0 Å². The summed E-state index contributed by atoms with van der Waals surface area (Å²) >= 11 is 8.01. The van der Waals surface area contributed by atoms with Crippen LogP contribution in [0.25, 0.3) is 0 Å². The summed E-state index contributed by atoms with van der Waals surface area (Å²) in [5.74, 6) is -0.640. The third kappa shape index (κ3) is 4.23. The maximum atomic E-state index is 11.4. The van der Waals surface area contributed by atoms with Crippen LogP contribution in [0.1, 0.15) is 13.8 Å². The molecule has 0 aliphatic heterocycles. The van der Waals surface area contributed by atoms with Crippen LogP contribution in [0.3, 0.4) is 0 Å². The first kappa shape index (κ1) is 13.6. The van der Waals surface area contributed by atoms with Crippen molar-refractivity contribution in [3.63, 3.8) is 0 Å². The largest absolute Gasteiger partial charge is 0.467 e. The molecular formula is C8H15NO3S2. The van der Waals surface area contributed by atoms with Gasteiger partial charge in [-0.05, 0) is 13.8 Å². The van der Waals surface area contributed by atoms with E-state index in [2.05, 4.69) is 35.3 Å². The van der Waals surface area contributed by atoms with Gasteiger partial charge in [-0.25, -0.2) is 4.79 Å². The highest BCUT2D eigenvalue weighted by molar-refractivity contribution is 7.82. The Morgan fingerprint density at radius 2 is 2.00 bits per heavy atom. The standard InChI is InChI=1S/C8H15NO3S2/c1-8(2,14)7(11)9-5(4-13)6(10)12-3/h5,13-14H,4H2,1-3H3,(H,9,11)/t5-/m0/s1. The number of amides is 1. The molecule has 0 bridgehead atoms. The normalized spacial score (nSPS) is 13.2. The Bertz CT molecular complexity index is 225. The molecule has 6 heteroatoms. The molecular weight excluding hydrogens is 222 g/mol. The lowest BCUT2D eigenvalue weighted by Gasteiger charge is -2.20. The first-order valence-corrected chi connectivity index (χ1v) is 5.13. The third-order valence-electron chi connectivity index (χ3n) is 1.53. The topological polar surface area (TPSA) is 55.4 Å². The van der Waals surface area contributed by atoms with E-state index in [1.165, 1.54) is 7.11 Å². The molecule has 0 aromatic rings. The Labute approximate surface area is 94.6 Å². The minimum absolute atomic E-state index is 0.197. The molecule has 0 aromatic carbocycles. The quantitative estimate of drug-likeness (QED) is 0.486. The van der Waals surface area contributed by atoms with Crippen molar-refractivity contribution < 1.29 is 14.3 Å². The molecule has 0 radical (unpaired) electrons. The number of carbonyl (C=O) groups is 2. The van der Waals surface area contributed by atoms with Gasteiger partial charge in [-0.2, -0.15) is 25.3 Å². The molecule has 1 atom stereocenters. The Hall–Kier alpha value is -0.360. The van der Waals surface area contributed by atoms with Gasteiger partial charge in [0.25, 0.3) is 0 Å². The lowest BCUT2D eigenvalue weighted by molar-refractivity contribution is -0.144. The first-order valence-electron chi connectivity index (χ1n) is 4.05. The molecule has 0 heterocycles. The van der Waals surface area contributed by atoms with Crippen LogP contribution in [0.5, 0.6) is 0 Å². The number of rotatable bonds is 4. The number of thiol groups is 2. The SMILES string of the molecule is COC(=O)[C@H](CS)NC(=O)C(C)(C)S. The van der Waals surface area contributed by atoms with Crippen LogP contribution in [0.15, 0.2) is 0 Å². The van der Waals surface area contributed by atoms with E-state index < -0.39 is 16.8 Å². The summed E-state index contributed by atoms with van der Waals surface area (Å²) in [5.41, 5.74) is 0. The molecule has 1 N–H and O–H groups in total. The number of nitrogens with one attached hydrogen (secondary N) is 1. The van der Waals surface area contributed by atoms with E-state index in [0.29, 0.717) is 0 Å². The summed E-state index contributed by atoms with van der Waals surface area (Å²) in [5, 5.41) is 2.49. The predicted octanol–water partition coefficient (Wildman–Crippen LogP) is 0.282. The van der Waals surface area contributed by atoms with Crippen molar-refractivity contribution >= 4 is 37.1 Å². The van der Waals surface area contributed by atoms with E-state index in [1.807, 2.05) is 0 Å². The fraction of sp³-hybridized carbons (Fsp3) is 0.750. The van der Waals surface area contributed by atoms with Crippen molar-refractivity contribution in [1.29, 1.82) is 0 Å². The molecule has 4 nitrogen and oxygen atoms in total. The number of ether oxygens (including phenoxy) is 1. The zero-order valence-electron chi connectivity index (χ0n) is 8.40. The van der Waals surface area contributed by atoms with Crippen molar-refractivity contribution in [1.82, 2.24) is 5.32 Å². The monoisotopic (exact) mass is 237 g/mol. The fourth-order valence-corrected chi connectivity index (χ4v) is 0.961. The van der Waals surface area contributed by atoms with Gasteiger partial charge in [-0.1, -0.05) is 0 Å². The van der Waals surface area contributed by atoms with Crippen LogP contribution in [0, 0.1) is 0 Å².